The van der Waals surface area contributed by atoms with Gasteiger partial charge in [-0.2, -0.15) is 0 Å². The van der Waals surface area contributed by atoms with Crippen molar-refractivity contribution >= 4 is 28.9 Å². The summed E-state index contributed by atoms with van der Waals surface area (Å²) in [6.45, 7) is 14.0. The number of ether oxygens (including phenoxy) is 1. The lowest BCUT2D eigenvalue weighted by molar-refractivity contribution is -0.165. The highest BCUT2D eigenvalue weighted by molar-refractivity contribution is 7.14. The van der Waals surface area contributed by atoms with Gasteiger partial charge < -0.3 is 4.74 Å². The topological polar surface area (TPSA) is 86.2 Å². The van der Waals surface area contributed by atoms with Crippen LogP contribution in [0.3, 0.4) is 0 Å². The predicted molar refractivity (Wildman–Crippen MR) is 184 cm³/mol. The molecular weight excluding hydrogens is 593 g/mol. The molecule has 1 saturated carbocycles. The summed E-state index contributed by atoms with van der Waals surface area (Å²) in [5.41, 5.74) is 4.46. The first-order valence-electron chi connectivity index (χ1n) is 16.0. The number of rotatable bonds is 10. The third-order valence-electron chi connectivity index (χ3n) is 8.47. The van der Waals surface area contributed by atoms with Gasteiger partial charge >= 0.3 is 5.97 Å². The van der Waals surface area contributed by atoms with Gasteiger partial charge in [0.05, 0.1) is 10.8 Å². The normalized spacial score (nSPS) is 17.2. The van der Waals surface area contributed by atoms with Crippen LogP contribution in [0.1, 0.15) is 86.5 Å². The van der Waals surface area contributed by atoms with E-state index in [0.29, 0.717) is 30.0 Å². The Hall–Kier alpha value is -3.97. The molecule has 0 unspecified atom stereocenters. The van der Waals surface area contributed by atoms with E-state index in [4.69, 9.17) is 4.74 Å². The van der Waals surface area contributed by atoms with Crippen molar-refractivity contribution in [2.45, 2.75) is 85.2 Å². The van der Waals surface area contributed by atoms with E-state index in [0.717, 1.165) is 27.1 Å². The van der Waals surface area contributed by atoms with Crippen LogP contribution >= 0.6 is 11.3 Å². The second kappa shape index (κ2) is 13.4. The first-order valence-corrected chi connectivity index (χ1v) is 16.9. The summed E-state index contributed by atoms with van der Waals surface area (Å²) in [7, 11) is 0. The SMILES string of the molecule is Cc1ccc(-c2cnc(-c3ccc(C[C@H](CC(=O)c4ccc(C(C)(C)C)s4)C(=O)C4CC(C(=O)OC(C)(C)C)C4)cc3)nc2)cc1. The summed E-state index contributed by atoms with van der Waals surface area (Å²) in [6, 6.07) is 20.1. The second-order valence-electron chi connectivity index (χ2n) is 14.6. The van der Waals surface area contributed by atoms with Crippen LogP contribution < -0.4 is 0 Å². The molecule has 7 heteroatoms. The van der Waals surface area contributed by atoms with Gasteiger partial charge in [0.2, 0.25) is 0 Å². The first-order chi connectivity index (χ1) is 21.7. The quantitative estimate of drug-likeness (QED) is 0.128. The van der Waals surface area contributed by atoms with Crippen molar-refractivity contribution in [2.24, 2.45) is 17.8 Å². The second-order valence-corrected chi connectivity index (χ2v) is 15.7. The molecule has 1 atom stereocenters. The van der Waals surface area contributed by atoms with E-state index < -0.39 is 11.5 Å². The molecule has 1 aliphatic carbocycles. The largest absolute Gasteiger partial charge is 0.460 e. The number of hydrogen-bond acceptors (Lipinski definition) is 7. The average molecular weight is 637 g/mol. The molecule has 0 aliphatic heterocycles. The van der Waals surface area contributed by atoms with Gasteiger partial charge in [-0.3, -0.25) is 14.4 Å². The third kappa shape index (κ3) is 8.24. The van der Waals surface area contributed by atoms with Gasteiger partial charge in [-0.05, 0) is 75.6 Å². The number of aryl methyl sites for hydroxylation is 1. The Bertz CT molecular complexity index is 1690. The van der Waals surface area contributed by atoms with Crippen LogP contribution in [-0.4, -0.2) is 33.1 Å². The van der Waals surface area contributed by atoms with Crippen LogP contribution in [0.2, 0.25) is 0 Å². The Morgan fingerprint density at radius 1 is 0.804 bits per heavy atom. The standard InChI is InChI=1S/C39H44N2O4S/c1-24-8-12-26(13-9-24)31-22-40-36(41-23-31)27-14-10-25(11-15-27)18-28(21-32(42)33-16-17-34(46-33)38(2,3)4)35(43)29-19-30(20-29)37(44)45-39(5,6)7/h8-17,22-23,28-30H,18-21H2,1-7H3/t28-,29?,30?/m1/s1. The molecule has 5 rings (SSSR count). The highest BCUT2D eigenvalue weighted by Gasteiger charge is 2.43. The Balaban J connectivity index is 1.30. The summed E-state index contributed by atoms with van der Waals surface area (Å²) in [6.07, 6.45) is 5.20. The van der Waals surface area contributed by atoms with Crippen molar-refractivity contribution in [3.63, 3.8) is 0 Å². The molecule has 0 spiro atoms. The molecule has 240 valence electrons. The Morgan fingerprint density at radius 2 is 1.41 bits per heavy atom. The van der Waals surface area contributed by atoms with Gasteiger partial charge in [-0.15, -0.1) is 11.3 Å². The van der Waals surface area contributed by atoms with E-state index in [-0.39, 0.29) is 41.2 Å². The lowest BCUT2D eigenvalue weighted by atomic mass is 9.69. The lowest BCUT2D eigenvalue weighted by Gasteiger charge is -2.36. The minimum absolute atomic E-state index is 0.0134. The smallest absolute Gasteiger partial charge is 0.309 e. The first kappa shape index (κ1) is 33.4. The maximum Gasteiger partial charge on any atom is 0.309 e. The molecule has 1 fully saturated rings. The number of hydrogen-bond donors (Lipinski definition) is 0. The van der Waals surface area contributed by atoms with Crippen molar-refractivity contribution in [2.75, 3.05) is 0 Å². The zero-order chi connectivity index (χ0) is 33.2. The Kier molecular flexibility index (Phi) is 9.73. The summed E-state index contributed by atoms with van der Waals surface area (Å²) >= 11 is 1.51. The van der Waals surface area contributed by atoms with Crippen LogP contribution in [0.25, 0.3) is 22.5 Å². The summed E-state index contributed by atoms with van der Waals surface area (Å²) < 4.78 is 5.55. The maximum absolute atomic E-state index is 13.8. The zero-order valence-corrected chi connectivity index (χ0v) is 28.7. The van der Waals surface area contributed by atoms with Gasteiger partial charge in [0.25, 0.3) is 0 Å². The van der Waals surface area contributed by atoms with Crippen molar-refractivity contribution < 1.29 is 19.1 Å². The van der Waals surface area contributed by atoms with Gasteiger partial charge in [0.1, 0.15) is 11.4 Å². The number of Topliss-reactive ketones (excluding diaryl/α,β-unsaturated/α-hetero) is 2. The van der Waals surface area contributed by atoms with Crippen LogP contribution in [0, 0.1) is 24.7 Å². The summed E-state index contributed by atoms with van der Waals surface area (Å²) in [5.74, 6) is -0.577. The minimum atomic E-state index is -0.561. The Labute approximate surface area is 276 Å². The molecule has 0 N–H and O–H groups in total. The molecule has 46 heavy (non-hydrogen) atoms. The van der Waals surface area contributed by atoms with Crippen LogP contribution in [0.4, 0.5) is 0 Å². The molecule has 2 aromatic carbocycles. The van der Waals surface area contributed by atoms with Crippen molar-refractivity contribution in [3.05, 3.63) is 93.9 Å². The van der Waals surface area contributed by atoms with E-state index in [1.165, 1.54) is 16.9 Å². The molecule has 0 radical (unpaired) electrons. The molecular formula is C39H44N2O4S. The summed E-state index contributed by atoms with van der Waals surface area (Å²) in [4.78, 5) is 50.9. The molecule has 0 amide bonds. The number of aromatic nitrogens is 2. The fraction of sp³-hybridized carbons (Fsp3) is 0.410. The van der Waals surface area contributed by atoms with E-state index in [1.807, 2.05) is 69.6 Å². The molecule has 6 nitrogen and oxygen atoms in total. The zero-order valence-electron chi connectivity index (χ0n) is 27.9. The molecule has 4 aromatic rings. The van der Waals surface area contributed by atoms with Gasteiger partial charge in [-0.25, -0.2) is 9.97 Å². The average Bonchev–Trinajstić information content (AvgIpc) is 3.48. The number of nitrogens with zero attached hydrogens (tertiary/aromatic N) is 2. The molecule has 0 bridgehead atoms. The highest BCUT2D eigenvalue weighted by Crippen LogP contribution is 2.39. The van der Waals surface area contributed by atoms with E-state index in [9.17, 15) is 14.4 Å². The number of benzene rings is 2. The van der Waals surface area contributed by atoms with E-state index >= 15 is 0 Å². The van der Waals surface area contributed by atoms with E-state index in [1.54, 1.807) is 0 Å². The molecule has 2 heterocycles. The fourth-order valence-electron chi connectivity index (χ4n) is 5.70. The number of carbonyl (C=O) groups is 3. The van der Waals surface area contributed by atoms with Crippen LogP contribution in [-0.2, 0) is 26.2 Å². The monoisotopic (exact) mass is 636 g/mol. The number of ketones is 2. The highest BCUT2D eigenvalue weighted by atomic mass is 32.1. The third-order valence-corrected chi connectivity index (χ3v) is 10.0. The van der Waals surface area contributed by atoms with Crippen molar-refractivity contribution in [1.82, 2.24) is 9.97 Å². The molecule has 2 aromatic heterocycles. The van der Waals surface area contributed by atoms with Crippen molar-refractivity contribution in [3.8, 4) is 22.5 Å². The lowest BCUT2D eigenvalue weighted by Crippen LogP contribution is -2.41. The summed E-state index contributed by atoms with van der Waals surface area (Å²) in [5, 5.41) is 0. The maximum atomic E-state index is 13.8. The predicted octanol–water partition coefficient (Wildman–Crippen LogP) is 8.85. The van der Waals surface area contributed by atoms with Crippen molar-refractivity contribution in [1.29, 1.82) is 0 Å². The van der Waals surface area contributed by atoms with Crippen LogP contribution in [0.5, 0.6) is 0 Å². The fourth-order valence-corrected chi connectivity index (χ4v) is 6.71. The van der Waals surface area contributed by atoms with Gasteiger partial charge in [0, 0.05) is 46.7 Å². The number of esters is 1. The van der Waals surface area contributed by atoms with Crippen LogP contribution in [0.15, 0.2) is 73.1 Å². The van der Waals surface area contributed by atoms with E-state index in [2.05, 4.69) is 61.9 Å². The molecule has 0 saturated heterocycles. The van der Waals surface area contributed by atoms with Gasteiger partial charge in [-0.1, -0.05) is 74.9 Å². The number of thiophene rings is 1. The van der Waals surface area contributed by atoms with Gasteiger partial charge in [0.15, 0.2) is 11.6 Å². The Morgan fingerprint density at radius 3 is 1.98 bits per heavy atom. The minimum Gasteiger partial charge on any atom is -0.460 e. The number of carbonyl (C=O) groups excluding carboxylic acids is 3. The molecule has 1 aliphatic rings.